The predicted molar refractivity (Wildman–Crippen MR) is 82.1 cm³/mol. The van der Waals surface area contributed by atoms with Gasteiger partial charge >= 0.3 is 6.18 Å². The molecular weight excluding hydrogens is 361 g/mol. The molecule has 0 unspecified atom stereocenters. The third-order valence-electron chi connectivity index (χ3n) is 3.78. The van der Waals surface area contributed by atoms with Crippen LogP contribution in [0.2, 0.25) is 0 Å². The van der Waals surface area contributed by atoms with E-state index in [-0.39, 0.29) is 11.1 Å². The van der Waals surface area contributed by atoms with Gasteiger partial charge in [0, 0.05) is 5.56 Å². The molecule has 3 rings (SSSR count). The molecule has 0 nitrogen and oxygen atoms in total. The second kappa shape index (κ2) is 6.48. The fourth-order valence-electron chi connectivity index (χ4n) is 2.57. The zero-order valence-corrected chi connectivity index (χ0v) is 12.8. The van der Waals surface area contributed by atoms with Gasteiger partial charge in [-0.15, -0.1) is 0 Å². The molecule has 0 saturated heterocycles. The van der Waals surface area contributed by atoms with E-state index in [0.29, 0.717) is 23.3 Å². The van der Waals surface area contributed by atoms with Crippen molar-refractivity contribution in [3.05, 3.63) is 83.4 Å². The molecule has 134 valence electrons. The third-order valence-corrected chi connectivity index (χ3v) is 3.78. The van der Waals surface area contributed by atoms with Crippen molar-refractivity contribution >= 4 is 0 Å². The minimum Gasteiger partial charge on any atom is -0.207 e. The van der Waals surface area contributed by atoms with E-state index in [9.17, 15) is 30.7 Å². The molecule has 0 aliphatic rings. The summed E-state index contributed by atoms with van der Waals surface area (Å²) in [4.78, 5) is 0. The minimum absolute atomic E-state index is 0.262. The van der Waals surface area contributed by atoms with Gasteiger partial charge < -0.3 is 0 Å². The fourth-order valence-corrected chi connectivity index (χ4v) is 2.57. The van der Waals surface area contributed by atoms with Gasteiger partial charge in [0.2, 0.25) is 0 Å². The highest BCUT2D eigenvalue weighted by molar-refractivity contribution is 5.71. The molecule has 0 bridgehead atoms. The van der Waals surface area contributed by atoms with Gasteiger partial charge in [-0.05, 0) is 47.0 Å². The Hall–Kier alpha value is -2.83. The predicted octanol–water partition coefficient (Wildman–Crippen LogP) is 6.60. The number of benzene rings is 3. The Kier molecular flexibility index (Phi) is 4.48. The van der Waals surface area contributed by atoms with Crippen LogP contribution in [0.5, 0.6) is 0 Å². The van der Waals surface area contributed by atoms with Crippen LogP contribution in [-0.4, -0.2) is 0 Å². The van der Waals surface area contributed by atoms with E-state index in [2.05, 4.69) is 0 Å². The molecule has 26 heavy (non-hydrogen) atoms. The largest absolute Gasteiger partial charge is 0.422 e. The topological polar surface area (TPSA) is 0 Å². The summed E-state index contributed by atoms with van der Waals surface area (Å²) in [5.74, 6) is -5.00. The Morgan fingerprint density at radius 2 is 1.04 bits per heavy atom. The maximum Gasteiger partial charge on any atom is 0.422 e. The molecule has 0 aliphatic carbocycles. The molecule has 3 aromatic carbocycles. The van der Waals surface area contributed by atoms with Gasteiger partial charge in [-0.2, -0.15) is 13.2 Å². The molecule has 0 amide bonds. The summed E-state index contributed by atoms with van der Waals surface area (Å²) in [5.41, 5.74) is -1.77. The van der Waals surface area contributed by atoms with E-state index in [0.717, 1.165) is 6.07 Å². The molecule has 0 fully saturated rings. The lowest BCUT2D eigenvalue weighted by atomic mass is 9.98. The van der Waals surface area contributed by atoms with Crippen LogP contribution in [0.25, 0.3) is 22.3 Å². The Morgan fingerprint density at radius 3 is 1.54 bits per heavy atom. The Bertz CT molecular complexity index is 934. The van der Waals surface area contributed by atoms with Crippen LogP contribution in [-0.2, 0) is 6.18 Å². The van der Waals surface area contributed by atoms with Crippen LogP contribution in [0.1, 0.15) is 5.56 Å². The van der Waals surface area contributed by atoms with Crippen LogP contribution in [0.4, 0.5) is 30.7 Å². The maximum absolute atomic E-state index is 14.4. The van der Waals surface area contributed by atoms with E-state index < -0.39 is 35.0 Å². The van der Waals surface area contributed by atoms with Crippen molar-refractivity contribution in [3.63, 3.8) is 0 Å². The molecule has 7 heteroatoms. The lowest BCUT2D eigenvalue weighted by Crippen LogP contribution is -2.11. The van der Waals surface area contributed by atoms with E-state index >= 15 is 0 Å². The molecule has 0 aromatic heterocycles. The van der Waals surface area contributed by atoms with Crippen molar-refractivity contribution in [1.29, 1.82) is 0 Å². The summed E-state index contributed by atoms with van der Waals surface area (Å²) in [6.07, 6.45) is -5.20. The first-order chi connectivity index (χ1) is 12.2. The smallest absolute Gasteiger partial charge is 0.207 e. The van der Waals surface area contributed by atoms with Crippen LogP contribution in [0.15, 0.2) is 54.6 Å². The second-order valence-electron chi connectivity index (χ2n) is 5.51. The van der Waals surface area contributed by atoms with Crippen molar-refractivity contribution in [2.45, 2.75) is 6.18 Å². The number of alkyl halides is 3. The minimum atomic E-state index is -5.20. The first-order valence-corrected chi connectivity index (χ1v) is 7.29. The summed E-state index contributed by atoms with van der Waals surface area (Å²) >= 11 is 0. The Balaban J connectivity index is 2.04. The summed E-state index contributed by atoms with van der Waals surface area (Å²) in [6.45, 7) is 0. The summed E-state index contributed by atoms with van der Waals surface area (Å²) in [7, 11) is 0. The molecule has 0 saturated carbocycles. The molecule has 0 spiro atoms. The maximum atomic E-state index is 14.4. The molecule has 0 N–H and O–H groups in total. The number of halogens is 7. The van der Waals surface area contributed by atoms with Gasteiger partial charge in [0.1, 0.15) is 28.8 Å². The standard InChI is InChI=1S/C19H9F7/c20-13-4-1-10(2-5-13)11-3-6-14(15(21)7-11)12-8-16(22)18(17(23)9-12)19(24,25)26/h1-9H. The molecule has 0 heterocycles. The van der Waals surface area contributed by atoms with Gasteiger partial charge in [0.25, 0.3) is 0 Å². The SMILES string of the molecule is Fc1ccc(-c2ccc(-c3cc(F)c(C(F)(F)F)c(F)c3)c(F)c2)cc1. The first-order valence-electron chi connectivity index (χ1n) is 7.29. The average molecular weight is 370 g/mol. The molecular formula is C19H9F7. The zero-order chi connectivity index (χ0) is 19.1. The number of hydrogen-bond acceptors (Lipinski definition) is 0. The van der Waals surface area contributed by atoms with Gasteiger partial charge in [0.15, 0.2) is 0 Å². The van der Waals surface area contributed by atoms with Crippen LogP contribution in [0, 0.1) is 23.3 Å². The molecule has 3 aromatic rings. The summed E-state index contributed by atoms with van der Waals surface area (Å²) in [5, 5.41) is 0. The quantitative estimate of drug-likeness (QED) is 0.446. The van der Waals surface area contributed by atoms with Crippen molar-refractivity contribution in [3.8, 4) is 22.3 Å². The summed E-state index contributed by atoms with van der Waals surface area (Å²) < 4.78 is 92.5. The van der Waals surface area contributed by atoms with E-state index in [1.54, 1.807) is 0 Å². The van der Waals surface area contributed by atoms with Gasteiger partial charge in [-0.3, -0.25) is 0 Å². The van der Waals surface area contributed by atoms with E-state index in [4.69, 9.17) is 0 Å². The Morgan fingerprint density at radius 1 is 0.538 bits per heavy atom. The lowest BCUT2D eigenvalue weighted by Gasteiger charge is -2.12. The normalized spacial score (nSPS) is 11.7. The van der Waals surface area contributed by atoms with Crippen LogP contribution < -0.4 is 0 Å². The zero-order valence-electron chi connectivity index (χ0n) is 12.8. The van der Waals surface area contributed by atoms with Crippen LogP contribution >= 0.6 is 0 Å². The monoisotopic (exact) mass is 370 g/mol. The molecule has 0 radical (unpaired) electrons. The first kappa shape index (κ1) is 18.0. The van der Waals surface area contributed by atoms with Crippen molar-refractivity contribution < 1.29 is 30.7 Å². The Labute approximate surface area is 143 Å². The summed E-state index contributed by atoms with van der Waals surface area (Å²) in [6, 6.07) is 9.72. The van der Waals surface area contributed by atoms with Gasteiger partial charge in [-0.25, -0.2) is 17.6 Å². The molecule has 0 aliphatic heterocycles. The average Bonchev–Trinajstić information content (AvgIpc) is 2.53. The second-order valence-corrected chi connectivity index (χ2v) is 5.51. The van der Waals surface area contributed by atoms with Gasteiger partial charge in [0.05, 0.1) is 0 Å². The van der Waals surface area contributed by atoms with Crippen molar-refractivity contribution in [2.75, 3.05) is 0 Å². The van der Waals surface area contributed by atoms with E-state index in [1.807, 2.05) is 0 Å². The molecule has 0 atom stereocenters. The van der Waals surface area contributed by atoms with Crippen molar-refractivity contribution in [2.24, 2.45) is 0 Å². The van der Waals surface area contributed by atoms with Gasteiger partial charge in [-0.1, -0.05) is 24.3 Å². The third kappa shape index (κ3) is 3.42. The number of hydrogen-bond donors (Lipinski definition) is 0. The van der Waals surface area contributed by atoms with Crippen LogP contribution in [0.3, 0.4) is 0 Å². The fraction of sp³-hybridized carbons (Fsp3) is 0.0526. The highest BCUT2D eigenvalue weighted by atomic mass is 19.4. The van der Waals surface area contributed by atoms with Crippen molar-refractivity contribution in [1.82, 2.24) is 0 Å². The highest BCUT2D eigenvalue weighted by Gasteiger charge is 2.38. The lowest BCUT2D eigenvalue weighted by molar-refractivity contribution is -0.142. The highest BCUT2D eigenvalue weighted by Crippen LogP contribution is 2.36. The van der Waals surface area contributed by atoms with E-state index in [1.165, 1.54) is 36.4 Å². The number of rotatable bonds is 2.